The second-order valence-corrected chi connectivity index (χ2v) is 7.65. The van der Waals surface area contributed by atoms with E-state index in [1.54, 1.807) is 37.5 Å². The highest BCUT2D eigenvalue weighted by molar-refractivity contribution is 7.80. The lowest BCUT2D eigenvalue weighted by atomic mass is 10.1. The van der Waals surface area contributed by atoms with E-state index < -0.39 is 11.8 Å². The van der Waals surface area contributed by atoms with Crippen molar-refractivity contribution in [2.24, 2.45) is 0 Å². The Kier molecular flexibility index (Phi) is 5.13. The summed E-state index contributed by atoms with van der Waals surface area (Å²) in [7, 11) is 1.57. The van der Waals surface area contributed by atoms with Gasteiger partial charge in [0.25, 0.3) is 11.8 Å². The minimum Gasteiger partial charge on any atom is -0.497 e. The van der Waals surface area contributed by atoms with Crippen LogP contribution in [-0.2, 0) is 9.59 Å². The molecule has 1 aliphatic rings. The number of rotatable bonds is 4. The Bertz CT molecular complexity index is 1190. The predicted octanol–water partition coefficient (Wildman–Crippen LogP) is 4.06. The third kappa shape index (κ3) is 3.37. The number of hydrogen-bond acceptors (Lipinski definition) is 4. The fraction of sp³-hybridized carbons (Fsp3) is 0.174. The topological polar surface area (TPSA) is 63.6 Å². The van der Waals surface area contributed by atoms with E-state index >= 15 is 0 Å². The fourth-order valence-electron chi connectivity index (χ4n) is 3.55. The van der Waals surface area contributed by atoms with Crippen LogP contribution in [0.3, 0.4) is 0 Å². The quantitative estimate of drug-likeness (QED) is 0.394. The number of carbonyl (C=O) groups excluding carboxylic acids is 2. The molecule has 1 N–H and O–H groups in total. The van der Waals surface area contributed by atoms with E-state index in [0.29, 0.717) is 11.4 Å². The predicted molar refractivity (Wildman–Crippen MR) is 122 cm³/mol. The van der Waals surface area contributed by atoms with E-state index in [1.165, 1.54) is 4.90 Å². The van der Waals surface area contributed by atoms with Crippen molar-refractivity contribution in [3.63, 3.8) is 0 Å². The van der Waals surface area contributed by atoms with Crippen molar-refractivity contribution in [2.45, 2.75) is 19.9 Å². The van der Waals surface area contributed by atoms with Crippen molar-refractivity contribution in [2.75, 3.05) is 12.0 Å². The van der Waals surface area contributed by atoms with Crippen molar-refractivity contribution >= 4 is 51.8 Å². The molecule has 152 valence electrons. The van der Waals surface area contributed by atoms with Crippen LogP contribution in [0.4, 0.5) is 5.69 Å². The molecule has 2 heterocycles. The van der Waals surface area contributed by atoms with Crippen molar-refractivity contribution in [1.82, 2.24) is 9.88 Å². The zero-order chi connectivity index (χ0) is 21.4. The molecule has 0 aliphatic carbocycles. The normalized spacial score (nSPS) is 15.9. The lowest BCUT2D eigenvalue weighted by Gasteiger charge is -2.29. The van der Waals surface area contributed by atoms with Crippen LogP contribution in [0, 0.1) is 0 Å². The highest BCUT2D eigenvalue weighted by atomic mass is 32.1. The van der Waals surface area contributed by atoms with Crippen LogP contribution in [-0.4, -0.2) is 28.6 Å². The van der Waals surface area contributed by atoms with E-state index in [1.807, 2.05) is 30.5 Å². The van der Waals surface area contributed by atoms with Crippen molar-refractivity contribution in [3.8, 4) is 5.75 Å². The van der Waals surface area contributed by atoms with E-state index in [4.69, 9.17) is 17.0 Å². The summed E-state index contributed by atoms with van der Waals surface area (Å²) in [4.78, 5) is 27.2. The number of nitrogens with one attached hydrogen (secondary N) is 1. The molecule has 1 aromatic heterocycles. The molecule has 30 heavy (non-hydrogen) atoms. The molecule has 0 atom stereocenters. The standard InChI is InChI=1S/C23H21N3O3S/c1-14(2)25-13-15(18-6-4-5-7-20(18)25)12-19-21(27)24-23(30)26(22(19)28)16-8-10-17(29-3)11-9-16/h4-14H,1-3H3,(H,24,27,30). The third-order valence-electron chi connectivity index (χ3n) is 5.06. The molecule has 2 aromatic carbocycles. The molecule has 7 heteroatoms. The van der Waals surface area contributed by atoms with Gasteiger partial charge in [-0.05, 0) is 62.5 Å². The van der Waals surface area contributed by atoms with Crippen LogP contribution in [0.25, 0.3) is 17.0 Å². The third-order valence-corrected chi connectivity index (χ3v) is 5.34. The number of aromatic nitrogens is 1. The largest absolute Gasteiger partial charge is 0.497 e. The molecule has 3 aromatic rings. The SMILES string of the molecule is COc1ccc(N2C(=O)C(=Cc3cn(C(C)C)c4ccccc34)C(=O)NC2=S)cc1. The maximum atomic E-state index is 13.3. The number of amides is 2. The number of fused-ring (bicyclic) bond motifs is 1. The maximum absolute atomic E-state index is 13.3. The summed E-state index contributed by atoms with van der Waals surface area (Å²) in [5, 5.41) is 3.65. The molecular weight excluding hydrogens is 398 g/mol. The minimum atomic E-state index is -0.504. The number of ether oxygens (including phenoxy) is 1. The van der Waals surface area contributed by atoms with Crippen LogP contribution < -0.4 is 15.0 Å². The van der Waals surface area contributed by atoms with Gasteiger partial charge in [-0.15, -0.1) is 0 Å². The van der Waals surface area contributed by atoms with Gasteiger partial charge >= 0.3 is 0 Å². The lowest BCUT2D eigenvalue weighted by Crippen LogP contribution is -2.54. The van der Waals surface area contributed by atoms with Crippen LogP contribution >= 0.6 is 12.2 Å². The number of methoxy groups -OCH3 is 1. The van der Waals surface area contributed by atoms with Gasteiger partial charge in [0.15, 0.2) is 5.11 Å². The van der Waals surface area contributed by atoms with E-state index in [-0.39, 0.29) is 16.7 Å². The molecule has 0 saturated carbocycles. The molecule has 6 nitrogen and oxygen atoms in total. The summed E-state index contributed by atoms with van der Waals surface area (Å²) >= 11 is 5.27. The highest BCUT2D eigenvalue weighted by Crippen LogP contribution is 2.29. The minimum absolute atomic E-state index is 0.0334. The zero-order valence-electron chi connectivity index (χ0n) is 16.9. The Hall–Kier alpha value is -3.45. The van der Waals surface area contributed by atoms with Gasteiger partial charge in [-0.1, -0.05) is 18.2 Å². The van der Waals surface area contributed by atoms with E-state index in [0.717, 1.165) is 16.5 Å². The first-order valence-electron chi connectivity index (χ1n) is 9.56. The van der Waals surface area contributed by atoms with Crippen molar-refractivity contribution in [3.05, 3.63) is 65.9 Å². The first-order valence-corrected chi connectivity index (χ1v) is 9.96. The highest BCUT2D eigenvalue weighted by Gasteiger charge is 2.34. The molecule has 4 rings (SSSR count). The molecule has 1 fully saturated rings. The fourth-order valence-corrected chi connectivity index (χ4v) is 3.83. The van der Waals surface area contributed by atoms with Gasteiger partial charge in [-0.2, -0.15) is 0 Å². The maximum Gasteiger partial charge on any atom is 0.270 e. The van der Waals surface area contributed by atoms with E-state index in [2.05, 4.69) is 23.7 Å². The first-order chi connectivity index (χ1) is 14.4. The first kappa shape index (κ1) is 19.8. The number of thiocarbonyl (C=S) groups is 1. The van der Waals surface area contributed by atoms with Crippen molar-refractivity contribution in [1.29, 1.82) is 0 Å². The Morgan fingerprint density at radius 3 is 2.43 bits per heavy atom. The number of nitrogens with zero attached hydrogens (tertiary/aromatic N) is 2. The number of benzene rings is 2. The summed E-state index contributed by atoms with van der Waals surface area (Å²) in [5.41, 5.74) is 2.44. The number of para-hydroxylation sites is 1. The van der Waals surface area contributed by atoms with Gasteiger partial charge in [-0.25, -0.2) is 0 Å². The van der Waals surface area contributed by atoms with Gasteiger partial charge in [0.1, 0.15) is 11.3 Å². The summed E-state index contributed by atoms with van der Waals surface area (Å²) in [6.07, 6.45) is 3.60. The Labute approximate surface area is 179 Å². The van der Waals surface area contributed by atoms with Gasteiger partial charge in [0, 0.05) is 28.7 Å². The molecule has 0 radical (unpaired) electrons. The van der Waals surface area contributed by atoms with Gasteiger partial charge < -0.3 is 9.30 Å². The average Bonchev–Trinajstić information content (AvgIpc) is 3.10. The molecule has 0 unspecified atom stereocenters. The van der Waals surface area contributed by atoms with Crippen LogP contribution in [0.5, 0.6) is 5.75 Å². The summed E-state index contributed by atoms with van der Waals surface area (Å²) < 4.78 is 7.29. The van der Waals surface area contributed by atoms with Crippen LogP contribution in [0.1, 0.15) is 25.5 Å². The Morgan fingerprint density at radius 2 is 1.77 bits per heavy atom. The smallest absolute Gasteiger partial charge is 0.270 e. The number of hydrogen-bond donors (Lipinski definition) is 1. The molecule has 0 spiro atoms. The van der Waals surface area contributed by atoms with E-state index in [9.17, 15) is 9.59 Å². The van der Waals surface area contributed by atoms with Crippen LogP contribution in [0.2, 0.25) is 0 Å². The summed E-state index contributed by atoms with van der Waals surface area (Å²) in [6.45, 7) is 4.18. The second kappa shape index (κ2) is 7.76. The number of anilines is 1. The second-order valence-electron chi connectivity index (χ2n) is 7.26. The molecule has 0 bridgehead atoms. The molecule has 2 amide bonds. The van der Waals surface area contributed by atoms with Crippen molar-refractivity contribution < 1.29 is 14.3 Å². The number of carbonyl (C=O) groups is 2. The Balaban J connectivity index is 1.79. The summed E-state index contributed by atoms with van der Waals surface area (Å²) in [6, 6.07) is 15.1. The molecular formula is C23H21N3O3S. The van der Waals surface area contributed by atoms with Crippen LogP contribution in [0.15, 0.2) is 60.3 Å². The summed E-state index contributed by atoms with van der Waals surface area (Å²) in [5.74, 6) is -0.304. The lowest BCUT2D eigenvalue weighted by molar-refractivity contribution is -0.122. The zero-order valence-corrected chi connectivity index (χ0v) is 17.7. The monoisotopic (exact) mass is 419 g/mol. The van der Waals surface area contributed by atoms with Gasteiger partial charge in [-0.3, -0.25) is 19.8 Å². The molecule has 1 saturated heterocycles. The average molecular weight is 420 g/mol. The molecule has 1 aliphatic heterocycles. The Morgan fingerprint density at radius 1 is 1.07 bits per heavy atom. The van der Waals surface area contributed by atoms with Gasteiger partial charge in [0.05, 0.1) is 12.8 Å². The van der Waals surface area contributed by atoms with Gasteiger partial charge in [0.2, 0.25) is 0 Å².